The zero-order valence-corrected chi connectivity index (χ0v) is 47.0. The van der Waals surface area contributed by atoms with Crippen molar-refractivity contribution in [2.24, 2.45) is 11.8 Å². The molecule has 5 saturated heterocycles. The van der Waals surface area contributed by atoms with E-state index in [2.05, 4.69) is 62.4 Å². The molecule has 0 radical (unpaired) electrons. The maximum atomic E-state index is 14.4. The molecule has 2 amide bonds. The number of pyridine rings is 1. The molecule has 2 bridgehead atoms. The molecule has 2 unspecified atom stereocenters. The van der Waals surface area contributed by atoms with Crippen molar-refractivity contribution >= 4 is 34.8 Å². The average molecular weight is 1100 g/mol. The lowest BCUT2D eigenvalue weighted by Gasteiger charge is -2.43. The summed E-state index contributed by atoms with van der Waals surface area (Å²) in [6, 6.07) is 22.6. The Labute approximate surface area is 473 Å². The summed E-state index contributed by atoms with van der Waals surface area (Å²) in [7, 11) is 0. The molecule has 9 heterocycles. The molecule has 428 valence electrons. The maximum Gasteiger partial charge on any atom is 0.243 e. The molecule has 6 fully saturated rings. The number of amides is 2. The van der Waals surface area contributed by atoms with Crippen LogP contribution in [0.4, 0.5) is 23.0 Å². The minimum atomic E-state index is -0.807. The molecular weight excluding hydrogens is 1030 g/mol. The molecule has 4 aromatic heterocycles. The third kappa shape index (κ3) is 11.6. The van der Waals surface area contributed by atoms with E-state index in [1.54, 1.807) is 18.3 Å². The number of nitrogen functional groups attached to an aromatic ring is 1. The van der Waals surface area contributed by atoms with Crippen LogP contribution in [0.2, 0.25) is 0 Å². The first kappa shape index (κ1) is 54.3. The number of aliphatic hydroxyl groups is 1. The van der Waals surface area contributed by atoms with Gasteiger partial charge in [-0.25, -0.2) is 9.97 Å². The second-order valence-corrected chi connectivity index (χ2v) is 23.8. The van der Waals surface area contributed by atoms with Gasteiger partial charge in [0, 0.05) is 131 Å². The van der Waals surface area contributed by atoms with Crippen LogP contribution in [0.5, 0.6) is 11.6 Å². The number of rotatable bonds is 17. The third-order valence-corrected chi connectivity index (χ3v) is 18.0. The van der Waals surface area contributed by atoms with Gasteiger partial charge in [0.1, 0.15) is 29.6 Å². The van der Waals surface area contributed by atoms with Crippen molar-refractivity contribution in [3.63, 3.8) is 0 Å². The smallest absolute Gasteiger partial charge is 0.243 e. The van der Waals surface area contributed by atoms with Gasteiger partial charge in [-0.3, -0.25) is 9.59 Å². The van der Waals surface area contributed by atoms with Crippen LogP contribution >= 0.6 is 0 Å². The van der Waals surface area contributed by atoms with Crippen LogP contribution in [0.15, 0.2) is 95.9 Å². The van der Waals surface area contributed by atoms with Gasteiger partial charge in [-0.1, -0.05) is 43.3 Å². The summed E-state index contributed by atoms with van der Waals surface area (Å²) in [6.07, 6.45) is 13.5. The lowest BCUT2D eigenvalue weighted by molar-refractivity contribution is -0.141. The van der Waals surface area contributed by atoms with E-state index < -0.39 is 18.1 Å². The number of β-amino-alcohol motifs (C(OH)–C–C–N with tert-alkyl or cyclic N) is 1. The molecule has 81 heavy (non-hydrogen) atoms. The summed E-state index contributed by atoms with van der Waals surface area (Å²) in [5, 5.41) is 37.4. The summed E-state index contributed by atoms with van der Waals surface area (Å²) in [5.74, 6) is 2.58. The number of piperazine rings is 1. The molecule has 20 heteroatoms. The highest BCUT2D eigenvalue weighted by molar-refractivity contribution is 5.91. The normalized spacial score (nSPS) is 24.4. The van der Waals surface area contributed by atoms with Crippen LogP contribution in [0, 0.1) is 18.8 Å². The number of phenolic OH excluding ortho intramolecular Hbond substituents is 1. The first-order valence-corrected chi connectivity index (χ1v) is 29.3. The van der Waals surface area contributed by atoms with Crippen LogP contribution in [0.25, 0.3) is 16.9 Å². The van der Waals surface area contributed by atoms with Gasteiger partial charge < -0.3 is 64.3 Å². The number of fused-ring (bicyclic) bond motifs is 2. The number of para-hydroxylation sites is 1. The lowest BCUT2D eigenvalue weighted by atomic mass is 9.91. The number of anilines is 4. The van der Waals surface area contributed by atoms with Gasteiger partial charge in [-0.05, 0) is 106 Å². The fourth-order valence-electron chi connectivity index (χ4n) is 13.5. The number of nitrogens with zero attached hydrogens (tertiary/aromatic N) is 11. The Bertz CT molecular complexity index is 3130. The number of ether oxygens (including phenoxy) is 2. The van der Waals surface area contributed by atoms with E-state index in [-0.39, 0.29) is 60.8 Å². The van der Waals surface area contributed by atoms with Crippen LogP contribution in [-0.4, -0.2) is 157 Å². The number of aromatic hydroxyl groups is 1. The van der Waals surface area contributed by atoms with E-state index >= 15 is 0 Å². The van der Waals surface area contributed by atoms with Crippen molar-refractivity contribution in [3.05, 3.63) is 109 Å². The van der Waals surface area contributed by atoms with E-state index in [1.807, 2.05) is 93.2 Å². The maximum absolute atomic E-state index is 14.4. The highest BCUT2D eigenvalue weighted by Crippen LogP contribution is 2.41. The van der Waals surface area contributed by atoms with Crippen molar-refractivity contribution < 1.29 is 33.8 Å². The molecule has 1 saturated carbocycles. The number of phenols is 1. The highest BCUT2D eigenvalue weighted by Gasteiger charge is 2.45. The van der Waals surface area contributed by atoms with Gasteiger partial charge in [0.05, 0.1) is 35.7 Å². The Balaban J connectivity index is 0.564. The van der Waals surface area contributed by atoms with E-state index in [0.717, 1.165) is 131 Å². The van der Waals surface area contributed by atoms with Crippen LogP contribution in [-0.2, 0) is 14.3 Å². The fraction of sp³-hybridized carbons (Fsp3) is 0.525. The fourth-order valence-corrected chi connectivity index (χ4v) is 13.5. The summed E-state index contributed by atoms with van der Waals surface area (Å²) in [5.41, 5.74) is 11.5. The molecule has 1 aliphatic carbocycles. The largest absolute Gasteiger partial charge is 0.507 e. The van der Waals surface area contributed by atoms with Crippen LogP contribution in [0.3, 0.4) is 0 Å². The summed E-state index contributed by atoms with van der Waals surface area (Å²) < 4.78 is 21.0. The zero-order chi connectivity index (χ0) is 55.9. The number of imidazole rings is 1. The van der Waals surface area contributed by atoms with Crippen molar-refractivity contribution in [1.82, 2.24) is 45.0 Å². The molecule has 5 aliphatic heterocycles. The molecular formula is C61H77N13O7. The molecule has 12 rings (SSSR count). The Morgan fingerprint density at radius 1 is 0.802 bits per heavy atom. The van der Waals surface area contributed by atoms with Crippen molar-refractivity contribution in [1.29, 1.82) is 0 Å². The SMILES string of the molecule is Cc1nccn1-c1ccc([C@H](C)NC(=O)[C@@H]2C[C@@H](O)CN2C(=O)[C@@H](c2cc(N3CCC(CN4CCC(OC5CC(Oc6cc(N7C8CCC7CN(c7cc(-c9ccccc9O)nnc7N)C8)ccn6)C5)CC4)CC3)no2)C(C)C)cc1. The number of nitrogens with one attached hydrogen (secondary N) is 1. The quantitative estimate of drug-likeness (QED) is 0.0717. The van der Waals surface area contributed by atoms with E-state index in [4.69, 9.17) is 19.7 Å². The van der Waals surface area contributed by atoms with Crippen molar-refractivity contribution in [3.8, 4) is 28.6 Å². The number of nitrogens with two attached hydrogens (primary N) is 1. The van der Waals surface area contributed by atoms with Gasteiger partial charge in [0.25, 0.3) is 0 Å². The summed E-state index contributed by atoms with van der Waals surface area (Å²) in [4.78, 5) is 48.4. The van der Waals surface area contributed by atoms with Gasteiger partial charge in [0.2, 0.25) is 17.7 Å². The topological polar surface area (TPSA) is 230 Å². The van der Waals surface area contributed by atoms with Gasteiger partial charge >= 0.3 is 0 Å². The second kappa shape index (κ2) is 23.3. The second-order valence-electron chi connectivity index (χ2n) is 23.8. The number of likely N-dealkylation sites (tertiary alicyclic amines) is 2. The van der Waals surface area contributed by atoms with E-state index in [9.17, 15) is 19.8 Å². The molecule has 2 aromatic carbocycles. The Kier molecular flexibility index (Phi) is 15.6. The summed E-state index contributed by atoms with van der Waals surface area (Å²) in [6.45, 7) is 14.4. The predicted octanol–water partition coefficient (Wildman–Crippen LogP) is 7.05. The molecule has 6 aliphatic rings. The standard InChI is InChI=1S/C61H77N13O7/c1-37(2)58(61(78)73-36-46(75)28-53(73)60(77)65-38(3)41-9-11-42(12-10-41)72-26-21-63-39(72)4)55-32-56(68-81-55)70-24-16-40(17-25-70)33-69-22-18-47(19-23-69)79-48-29-49(30-48)80-57-27-43(15-20-64-57)74-44-13-14-45(74)35-71(34-44)52-31-51(66-67-59(52)62)50-7-5-6-8-54(50)76/h5-12,15,20-21,26-27,31-32,37-38,40,44-49,53,58,75-76H,13-14,16-19,22-25,28-30,33-36H2,1-4H3,(H2,62,67)(H,65,77)/t38-,44?,45?,46+,48?,49?,53-,58+/m0/s1. The highest BCUT2D eigenvalue weighted by atomic mass is 16.5. The van der Waals surface area contributed by atoms with Crippen molar-refractivity contribution in [2.75, 3.05) is 72.8 Å². The lowest BCUT2D eigenvalue weighted by Crippen LogP contribution is -2.54. The minimum absolute atomic E-state index is 0.0805. The van der Waals surface area contributed by atoms with Crippen LogP contribution < -0.4 is 30.5 Å². The molecule has 20 nitrogen and oxygen atoms in total. The molecule has 0 spiro atoms. The van der Waals surface area contributed by atoms with Gasteiger partial charge in [-0.15, -0.1) is 10.2 Å². The molecule has 6 atom stereocenters. The van der Waals surface area contributed by atoms with Crippen LogP contribution in [0.1, 0.15) is 108 Å². The first-order valence-electron chi connectivity index (χ1n) is 29.3. The molecule has 6 aromatic rings. The number of aromatic nitrogens is 6. The number of carbonyl (C=O) groups is 2. The number of hydrogen-bond acceptors (Lipinski definition) is 17. The monoisotopic (exact) mass is 1100 g/mol. The molecule has 5 N–H and O–H groups in total. The number of aryl methyl sites for hydroxylation is 1. The third-order valence-electron chi connectivity index (χ3n) is 18.0. The van der Waals surface area contributed by atoms with Gasteiger partial charge in [-0.2, -0.15) is 0 Å². The van der Waals surface area contributed by atoms with E-state index in [1.165, 1.54) is 4.90 Å². The minimum Gasteiger partial charge on any atom is -0.507 e. The van der Waals surface area contributed by atoms with Crippen molar-refractivity contribution in [2.45, 2.75) is 140 Å². The number of piperidine rings is 2. The number of hydrogen-bond donors (Lipinski definition) is 4. The number of carbonyl (C=O) groups excluding carboxylic acids is 2. The number of aliphatic hydroxyl groups excluding tert-OH is 1. The summed E-state index contributed by atoms with van der Waals surface area (Å²) >= 11 is 0. The average Bonchev–Trinajstić information content (AvgIpc) is 4.28. The predicted molar refractivity (Wildman–Crippen MR) is 307 cm³/mol. The van der Waals surface area contributed by atoms with Gasteiger partial charge in [0.15, 0.2) is 17.4 Å². The first-order chi connectivity index (χ1) is 39.3. The number of benzene rings is 2. The Hall–Kier alpha value is -7.29. The zero-order valence-electron chi connectivity index (χ0n) is 47.0. The Morgan fingerprint density at radius 3 is 2.27 bits per heavy atom. The Morgan fingerprint density at radius 2 is 1.56 bits per heavy atom. The van der Waals surface area contributed by atoms with E-state index in [0.29, 0.717) is 46.7 Å².